The molecular formula is C10H11N3OS. The second-order valence-electron chi connectivity index (χ2n) is 3.35. The van der Waals surface area contributed by atoms with Gasteiger partial charge in [0, 0.05) is 11.1 Å². The highest BCUT2D eigenvalue weighted by molar-refractivity contribution is 7.09. The molecule has 15 heavy (non-hydrogen) atoms. The van der Waals surface area contributed by atoms with Gasteiger partial charge in [-0.15, -0.1) is 11.3 Å². The molecule has 0 amide bonds. The van der Waals surface area contributed by atoms with E-state index < -0.39 is 0 Å². The maximum atomic E-state index is 10.8. The van der Waals surface area contributed by atoms with Gasteiger partial charge in [-0.05, 0) is 13.8 Å². The molecule has 4 nitrogen and oxygen atoms in total. The molecule has 2 aromatic rings. The minimum Gasteiger partial charge on any atom is -0.319 e. The van der Waals surface area contributed by atoms with Crippen LogP contribution >= 0.6 is 11.3 Å². The Morgan fingerprint density at radius 3 is 3.00 bits per heavy atom. The lowest BCUT2D eigenvalue weighted by Crippen LogP contribution is -2.08. The molecule has 2 rings (SSSR count). The van der Waals surface area contributed by atoms with Crippen molar-refractivity contribution in [3.8, 4) is 0 Å². The largest absolute Gasteiger partial charge is 0.319 e. The van der Waals surface area contributed by atoms with E-state index in [9.17, 15) is 4.79 Å². The Hall–Kier alpha value is -1.49. The van der Waals surface area contributed by atoms with Crippen LogP contribution in [0, 0.1) is 6.92 Å². The summed E-state index contributed by atoms with van der Waals surface area (Å²) in [6, 6.07) is 0.0615. The summed E-state index contributed by atoms with van der Waals surface area (Å²) in [5, 5.41) is 3.00. The van der Waals surface area contributed by atoms with E-state index in [1.807, 2.05) is 23.8 Å². The van der Waals surface area contributed by atoms with Crippen molar-refractivity contribution in [2.75, 3.05) is 0 Å². The van der Waals surface area contributed by atoms with Crippen molar-refractivity contribution in [2.45, 2.75) is 19.9 Å². The number of aldehydes is 1. The number of hydrogen-bond donors (Lipinski definition) is 0. The van der Waals surface area contributed by atoms with Crippen molar-refractivity contribution in [2.24, 2.45) is 0 Å². The lowest BCUT2D eigenvalue weighted by atomic mass is 10.3. The maximum Gasteiger partial charge on any atom is 0.168 e. The minimum atomic E-state index is 0.0615. The third-order valence-corrected chi connectivity index (χ3v) is 3.36. The van der Waals surface area contributed by atoms with Crippen LogP contribution in [0.3, 0.4) is 0 Å². The molecule has 0 fully saturated rings. The summed E-state index contributed by atoms with van der Waals surface area (Å²) in [6.45, 7) is 3.97. The first kappa shape index (κ1) is 10.0. The van der Waals surface area contributed by atoms with E-state index in [1.165, 1.54) is 0 Å². The van der Waals surface area contributed by atoms with Gasteiger partial charge < -0.3 is 4.57 Å². The second-order valence-corrected chi connectivity index (χ2v) is 4.24. The molecule has 1 unspecified atom stereocenters. The van der Waals surface area contributed by atoms with Crippen LogP contribution in [0.15, 0.2) is 17.9 Å². The van der Waals surface area contributed by atoms with Crippen molar-refractivity contribution in [3.05, 3.63) is 34.3 Å². The number of aromatic nitrogens is 3. The quantitative estimate of drug-likeness (QED) is 0.745. The molecular weight excluding hydrogens is 210 g/mol. The second kappa shape index (κ2) is 3.94. The molecule has 78 valence electrons. The number of carbonyl (C=O) groups excluding carboxylic acids is 1. The molecule has 0 aliphatic rings. The summed E-state index contributed by atoms with van der Waals surface area (Å²) in [5.74, 6) is 0. The summed E-state index contributed by atoms with van der Waals surface area (Å²) in [6.07, 6.45) is 4.03. The Morgan fingerprint density at radius 2 is 2.40 bits per heavy atom. The fourth-order valence-electron chi connectivity index (χ4n) is 1.41. The van der Waals surface area contributed by atoms with Crippen LogP contribution in [0.4, 0.5) is 0 Å². The van der Waals surface area contributed by atoms with Gasteiger partial charge in [0.2, 0.25) is 0 Å². The van der Waals surface area contributed by atoms with E-state index in [2.05, 4.69) is 9.97 Å². The Kier molecular flexibility index (Phi) is 2.64. The minimum absolute atomic E-state index is 0.0615. The molecule has 5 heteroatoms. The van der Waals surface area contributed by atoms with Crippen LogP contribution in [0.5, 0.6) is 0 Å². The van der Waals surface area contributed by atoms with Crippen LogP contribution < -0.4 is 0 Å². The van der Waals surface area contributed by atoms with Crippen molar-refractivity contribution >= 4 is 17.6 Å². The number of nitrogens with zero attached hydrogens (tertiary/aromatic N) is 3. The third kappa shape index (κ3) is 1.83. The number of carbonyl (C=O) groups is 1. The average molecular weight is 221 g/mol. The number of rotatable bonds is 3. The van der Waals surface area contributed by atoms with Gasteiger partial charge in [0.15, 0.2) is 6.29 Å². The van der Waals surface area contributed by atoms with Crippen LogP contribution in [0.1, 0.15) is 34.2 Å². The summed E-state index contributed by atoms with van der Waals surface area (Å²) in [4.78, 5) is 19.1. The summed E-state index contributed by atoms with van der Waals surface area (Å²) < 4.78 is 1.82. The predicted molar refractivity (Wildman–Crippen MR) is 58.3 cm³/mol. The Labute approximate surface area is 91.6 Å². The molecule has 0 saturated carbocycles. The topological polar surface area (TPSA) is 47.8 Å². The van der Waals surface area contributed by atoms with Crippen molar-refractivity contribution < 1.29 is 4.79 Å². The Balaban J connectivity index is 2.35. The van der Waals surface area contributed by atoms with Crippen LogP contribution in [0.25, 0.3) is 0 Å². The van der Waals surface area contributed by atoms with Crippen LogP contribution in [-0.2, 0) is 0 Å². The number of hydrogen-bond acceptors (Lipinski definition) is 4. The Bertz CT molecular complexity index is 474. The molecule has 0 N–H and O–H groups in total. The zero-order chi connectivity index (χ0) is 10.8. The molecule has 0 radical (unpaired) electrons. The van der Waals surface area contributed by atoms with Gasteiger partial charge in [-0.25, -0.2) is 9.97 Å². The highest BCUT2D eigenvalue weighted by Gasteiger charge is 2.13. The predicted octanol–water partition coefficient (Wildman–Crippen LogP) is 2.07. The molecule has 0 bridgehead atoms. The normalized spacial score (nSPS) is 12.7. The molecule has 1 atom stereocenters. The van der Waals surface area contributed by atoms with Gasteiger partial charge >= 0.3 is 0 Å². The van der Waals surface area contributed by atoms with Crippen molar-refractivity contribution in [1.82, 2.24) is 14.5 Å². The van der Waals surface area contributed by atoms with E-state index in [0.717, 1.165) is 17.0 Å². The highest BCUT2D eigenvalue weighted by atomic mass is 32.1. The Morgan fingerprint density at radius 1 is 1.60 bits per heavy atom. The third-order valence-electron chi connectivity index (χ3n) is 2.23. The molecule has 0 spiro atoms. The van der Waals surface area contributed by atoms with E-state index in [0.29, 0.717) is 5.69 Å². The van der Waals surface area contributed by atoms with Gasteiger partial charge in [-0.1, -0.05) is 0 Å². The first-order chi connectivity index (χ1) is 7.22. The number of aryl methyl sites for hydroxylation is 1. The summed E-state index contributed by atoms with van der Waals surface area (Å²) >= 11 is 1.60. The maximum absolute atomic E-state index is 10.8. The zero-order valence-electron chi connectivity index (χ0n) is 8.54. The van der Waals surface area contributed by atoms with Gasteiger partial charge in [-0.2, -0.15) is 0 Å². The summed E-state index contributed by atoms with van der Waals surface area (Å²) in [5.41, 5.74) is 1.59. The number of thiazole rings is 1. The van der Waals surface area contributed by atoms with Crippen LogP contribution in [-0.4, -0.2) is 20.8 Å². The lowest BCUT2D eigenvalue weighted by Gasteiger charge is -2.11. The van der Waals surface area contributed by atoms with E-state index in [-0.39, 0.29) is 6.04 Å². The molecule has 0 aromatic carbocycles. The van der Waals surface area contributed by atoms with Gasteiger partial charge in [0.1, 0.15) is 10.7 Å². The van der Waals surface area contributed by atoms with Gasteiger partial charge in [0.05, 0.1) is 18.6 Å². The van der Waals surface area contributed by atoms with Crippen molar-refractivity contribution in [1.29, 1.82) is 0 Å². The highest BCUT2D eigenvalue weighted by Crippen LogP contribution is 2.22. The fraction of sp³-hybridized carbons (Fsp3) is 0.300. The van der Waals surface area contributed by atoms with Gasteiger partial charge in [0.25, 0.3) is 0 Å². The first-order valence-electron chi connectivity index (χ1n) is 4.61. The SMILES string of the molecule is Cc1csc(C(C)n2cncc2C=O)n1. The summed E-state index contributed by atoms with van der Waals surface area (Å²) in [7, 11) is 0. The molecule has 2 heterocycles. The molecule has 2 aromatic heterocycles. The lowest BCUT2D eigenvalue weighted by molar-refractivity contribution is 0.111. The molecule has 0 aliphatic heterocycles. The monoisotopic (exact) mass is 221 g/mol. The number of imidazole rings is 1. The van der Waals surface area contributed by atoms with E-state index in [4.69, 9.17) is 0 Å². The van der Waals surface area contributed by atoms with E-state index >= 15 is 0 Å². The van der Waals surface area contributed by atoms with Crippen LogP contribution in [0.2, 0.25) is 0 Å². The smallest absolute Gasteiger partial charge is 0.168 e. The standard InChI is InChI=1S/C10H11N3OS/c1-7-5-15-10(12-7)8(2)13-6-11-3-9(13)4-14/h3-6,8H,1-2H3. The molecule has 0 aliphatic carbocycles. The fourth-order valence-corrected chi connectivity index (χ4v) is 2.26. The molecule has 0 saturated heterocycles. The van der Waals surface area contributed by atoms with Gasteiger partial charge in [-0.3, -0.25) is 4.79 Å². The average Bonchev–Trinajstić information content (AvgIpc) is 2.84. The first-order valence-corrected chi connectivity index (χ1v) is 5.49. The zero-order valence-corrected chi connectivity index (χ0v) is 9.36. The van der Waals surface area contributed by atoms with Crippen molar-refractivity contribution in [3.63, 3.8) is 0 Å². The van der Waals surface area contributed by atoms with E-state index in [1.54, 1.807) is 23.9 Å².